The highest BCUT2D eigenvalue weighted by Gasteiger charge is 2.28. The van der Waals surface area contributed by atoms with E-state index in [4.69, 9.17) is 0 Å². The van der Waals surface area contributed by atoms with Crippen LogP contribution in [0, 0.1) is 6.92 Å². The SMILES string of the molecule is CCN(c1ccccc1)c1cc(NC2CCS(=O)(=O)C2)nc(C)n1. The second kappa shape index (κ2) is 6.76. The largest absolute Gasteiger partial charge is 0.366 e. The van der Waals surface area contributed by atoms with Gasteiger partial charge in [-0.25, -0.2) is 18.4 Å². The minimum atomic E-state index is -2.92. The predicted octanol–water partition coefficient (Wildman–Crippen LogP) is 2.54. The third kappa shape index (κ3) is 3.84. The summed E-state index contributed by atoms with van der Waals surface area (Å²) < 4.78 is 23.2. The number of aryl methyl sites for hydroxylation is 1. The molecule has 0 aliphatic carbocycles. The molecule has 1 aromatic heterocycles. The molecule has 1 fully saturated rings. The molecule has 1 saturated heterocycles. The van der Waals surface area contributed by atoms with E-state index in [1.807, 2.05) is 43.3 Å². The van der Waals surface area contributed by atoms with Gasteiger partial charge in [-0.2, -0.15) is 0 Å². The van der Waals surface area contributed by atoms with E-state index in [2.05, 4.69) is 27.1 Å². The predicted molar refractivity (Wildman–Crippen MR) is 96.6 cm³/mol. The number of anilines is 3. The van der Waals surface area contributed by atoms with Gasteiger partial charge < -0.3 is 10.2 Å². The van der Waals surface area contributed by atoms with Crippen LogP contribution < -0.4 is 10.2 Å². The van der Waals surface area contributed by atoms with Crippen LogP contribution in [0.5, 0.6) is 0 Å². The maximum atomic E-state index is 11.6. The van der Waals surface area contributed by atoms with E-state index in [0.29, 0.717) is 18.1 Å². The van der Waals surface area contributed by atoms with Gasteiger partial charge in [0.1, 0.15) is 17.5 Å². The molecule has 0 amide bonds. The van der Waals surface area contributed by atoms with Crippen LogP contribution in [-0.2, 0) is 9.84 Å². The van der Waals surface area contributed by atoms with E-state index in [9.17, 15) is 8.42 Å². The number of hydrogen-bond donors (Lipinski definition) is 1. The molecule has 0 saturated carbocycles. The van der Waals surface area contributed by atoms with Gasteiger partial charge in [0.2, 0.25) is 0 Å². The molecule has 6 nitrogen and oxygen atoms in total. The first-order chi connectivity index (χ1) is 11.5. The normalized spacial score (nSPS) is 19.2. The van der Waals surface area contributed by atoms with Crippen molar-refractivity contribution in [3.8, 4) is 0 Å². The average molecular weight is 346 g/mol. The fraction of sp³-hybridized carbons (Fsp3) is 0.412. The summed E-state index contributed by atoms with van der Waals surface area (Å²) in [5, 5.41) is 3.25. The molecule has 1 aliphatic rings. The molecule has 24 heavy (non-hydrogen) atoms. The van der Waals surface area contributed by atoms with Crippen LogP contribution in [0.4, 0.5) is 17.3 Å². The molecule has 128 valence electrons. The van der Waals surface area contributed by atoms with Crippen molar-refractivity contribution in [2.24, 2.45) is 0 Å². The van der Waals surface area contributed by atoms with E-state index >= 15 is 0 Å². The molecule has 3 rings (SSSR count). The van der Waals surface area contributed by atoms with Crippen molar-refractivity contribution in [1.82, 2.24) is 9.97 Å². The zero-order chi connectivity index (χ0) is 17.2. The van der Waals surface area contributed by atoms with Crippen LogP contribution in [0.1, 0.15) is 19.2 Å². The van der Waals surface area contributed by atoms with Crippen molar-refractivity contribution in [3.63, 3.8) is 0 Å². The van der Waals surface area contributed by atoms with E-state index in [0.717, 1.165) is 18.1 Å². The van der Waals surface area contributed by atoms with Crippen molar-refractivity contribution in [2.75, 3.05) is 28.3 Å². The lowest BCUT2D eigenvalue weighted by Gasteiger charge is -2.23. The van der Waals surface area contributed by atoms with Crippen molar-refractivity contribution < 1.29 is 8.42 Å². The number of nitrogens with zero attached hydrogens (tertiary/aromatic N) is 3. The van der Waals surface area contributed by atoms with E-state index in [1.54, 1.807) is 0 Å². The third-order valence-corrected chi connectivity index (χ3v) is 5.84. The van der Waals surface area contributed by atoms with Crippen LogP contribution in [-0.4, -0.2) is 42.5 Å². The number of para-hydroxylation sites is 1. The highest BCUT2D eigenvalue weighted by molar-refractivity contribution is 7.91. The Kier molecular flexibility index (Phi) is 4.71. The Labute approximate surface area is 142 Å². The highest BCUT2D eigenvalue weighted by Crippen LogP contribution is 2.26. The second-order valence-corrected chi connectivity index (χ2v) is 8.21. The topological polar surface area (TPSA) is 75.2 Å². The van der Waals surface area contributed by atoms with Crippen molar-refractivity contribution >= 4 is 27.2 Å². The molecule has 0 bridgehead atoms. The van der Waals surface area contributed by atoms with Crippen molar-refractivity contribution in [2.45, 2.75) is 26.3 Å². The van der Waals surface area contributed by atoms with Crippen LogP contribution in [0.3, 0.4) is 0 Å². The minimum Gasteiger partial charge on any atom is -0.366 e. The number of hydrogen-bond acceptors (Lipinski definition) is 6. The summed E-state index contributed by atoms with van der Waals surface area (Å²) in [6.45, 7) is 4.69. The Morgan fingerprint density at radius 2 is 2.00 bits per heavy atom. The Morgan fingerprint density at radius 3 is 2.62 bits per heavy atom. The maximum Gasteiger partial charge on any atom is 0.152 e. The van der Waals surface area contributed by atoms with Gasteiger partial charge in [-0.05, 0) is 32.4 Å². The zero-order valence-corrected chi connectivity index (χ0v) is 14.8. The van der Waals surface area contributed by atoms with Crippen molar-refractivity contribution in [3.05, 3.63) is 42.2 Å². The van der Waals surface area contributed by atoms with E-state index in [1.165, 1.54) is 0 Å². The molecule has 1 aromatic carbocycles. The second-order valence-electron chi connectivity index (χ2n) is 5.98. The van der Waals surface area contributed by atoms with Gasteiger partial charge in [0.05, 0.1) is 11.5 Å². The zero-order valence-electron chi connectivity index (χ0n) is 13.9. The molecule has 2 heterocycles. The molecule has 1 atom stereocenters. The van der Waals surface area contributed by atoms with Gasteiger partial charge in [0.25, 0.3) is 0 Å². The summed E-state index contributed by atoms with van der Waals surface area (Å²) in [5.74, 6) is 2.55. The Bertz CT molecular complexity index is 809. The lowest BCUT2D eigenvalue weighted by atomic mass is 10.2. The lowest BCUT2D eigenvalue weighted by molar-refractivity contribution is 0.602. The number of rotatable bonds is 5. The molecule has 0 radical (unpaired) electrons. The van der Waals surface area contributed by atoms with Gasteiger partial charge in [-0.1, -0.05) is 18.2 Å². The van der Waals surface area contributed by atoms with Crippen LogP contribution in [0.25, 0.3) is 0 Å². The Morgan fingerprint density at radius 1 is 1.25 bits per heavy atom. The minimum absolute atomic E-state index is 0.0797. The molecule has 1 unspecified atom stereocenters. The molecule has 1 aliphatic heterocycles. The summed E-state index contributed by atoms with van der Waals surface area (Å²) in [6.07, 6.45) is 0.622. The third-order valence-electron chi connectivity index (χ3n) is 4.07. The average Bonchev–Trinajstić information content (AvgIpc) is 2.87. The van der Waals surface area contributed by atoms with Gasteiger partial charge in [0, 0.05) is 24.3 Å². The van der Waals surface area contributed by atoms with Gasteiger partial charge in [0.15, 0.2) is 9.84 Å². The van der Waals surface area contributed by atoms with Gasteiger partial charge >= 0.3 is 0 Å². The molecule has 1 N–H and O–H groups in total. The summed E-state index contributed by atoms with van der Waals surface area (Å²) >= 11 is 0. The summed E-state index contributed by atoms with van der Waals surface area (Å²) in [6, 6.07) is 11.9. The first-order valence-electron chi connectivity index (χ1n) is 8.12. The van der Waals surface area contributed by atoms with Crippen LogP contribution in [0.2, 0.25) is 0 Å². The molecular formula is C17H22N4O2S. The number of benzene rings is 1. The standard InChI is InChI=1S/C17H22N4O2S/c1-3-21(15-7-5-4-6-8-15)17-11-16(18-13(2)19-17)20-14-9-10-24(22,23)12-14/h4-8,11,14H,3,9-10,12H2,1-2H3,(H,18,19,20). The van der Waals surface area contributed by atoms with Gasteiger partial charge in [-0.15, -0.1) is 0 Å². The quantitative estimate of drug-likeness (QED) is 0.897. The fourth-order valence-electron chi connectivity index (χ4n) is 2.97. The summed E-state index contributed by atoms with van der Waals surface area (Å²) in [4.78, 5) is 11.1. The number of aromatic nitrogens is 2. The fourth-order valence-corrected chi connectivity index (χ4v) is 4.64. The maximum absolute atomic E-state index is 11.6. The number of nitrogens with one attached hydrogen (secondary N) is 1. The highest BCUT2D eigenvalue weighted by atomic mass is 32.2. The first-order valence-corrected chi connectivity index (χ1v) is 9.94. The summed E-state index contributed by atoms with van der Waals surface area (Å²) in [5.41, 5.74) is 1.06. The molecule has 2 aromatic rings. The van der Waals surface area contributed by atoms with Crippen LogP contribution in [0.15, 0.2) is 36.4 Å². The Balaban J connectivity index is 1.86. The molecule has 0 spiro atoms. The van der Waals surface area contributed by atoms with Crippen LogP contribution >= 0.6 is 0 Å². The Hall–Kier alpha value is -2.15. The molecule has 7 heteroatoms. The first kappa shape index (κ1) is 16.7. The number of sulfone groups is 1. The van der Waals surface area contributed by atoms with Crippen molar-refractivity contribution in [1.29, 1.82) is 0 Å². The van der Waals surface area contributed by atoms with E-state index < -0.39 is 9.84 Å². The summed E-state index contributed by atoms with van der Waals surface area (Å²) in [7, 11) is -2.92. The monoisotopic (exact) mass is 346 g/mol. The lowest BCUT2D eigenvalue weighted by Crippen LogP contribution is -2.23. The van der Waals surface area contributed by atoms with Gasteiger partial charge in [-0.3, -0.25) is 0 Å². The smallest absolute Gasteiger partial charge is 0.152 e. The molecular weight excluding hydrogens is 324 g/mol. The van der Waals surface area contributed by atoms with E-state index in [-0.39, 0.29) is 17.5 Å².